The van der Waals surface area contributed by atoms with E-state index in [0.717, 1.165) is 5.56 Å². The Morgan fingerprint density at radius 2 is 1.48 bits per heavy atom. The third-order valence-electron chi connectivity index (χ3n) is 4.16. The molecule has 1 unspecified atom stereocenters. The largest absolute Gasteiger partial charge is 1.00 e. The van der Waals surface area contributed by atoms with Crippen LogP contribution in [0.1, 0.15) is 33.3 Å². The number of halogens is 2. The fourth-order valence-corrected chi connectivity index (χ4v) is 3.60. The molecule has 0 saturated carbocycles. The molecular formula is C20H31Cl2OSiTi-2. The van der Waals surface area contributed by atoms with Crippen molar-refractivity contribution in [2.45, 2.75) is 54.3 Å². The van der Waals surface area contributed by atoms with Crippen molar-refractivity contribution in [3.63, 3.8) is 0 Å². The van der Waals surface area contributed by atoms with Gasteiger partial charge in [-0.2, -0.15) is 11.1 Å². The number of rotatable bonds is 1. The van der Waals surface area contributed by atoms with Crippen LogP contribution in [0.3, 0.4) is 0 Å². The maximum Gasteiger partial charge on any atom is -1.00 e. The van der Waals surface area contributed by atoms with E-state index in [9.17, 15) is 5.11 Å². The molecule has 0 spiro atoms. The summed E-state index contributed by atoms with van der Waals surface area (Å²) >= 11 is 1.75. The molecule has 0 radical (unpaired) electrons. The minimum atomic E-state index is -1.26. The van der Waals surface area contributed by atoms with Gasteiger partial charge in [-0.3, -0.25) is 6.08 Å². The minimum Gasteiger partial charge on any atom is -1.00 e. The molecular weight excluding hydrogens is 403 g/mol. The van der Waals surface area contributed by atoms with Gasteiger partial charge >= 0.3 is 24.8 Å². The fraction of sp³-hybridized carbons (Fsp3) is 0.450. The molecule has 1 aromatic carbocycles. The van der Waals surface area contributed by atoms with Crippen molar-refractivity contribution < 1.29 is 49.9 Å². The zero-order valence-corrected chi connectivity index (χ0v) is 20.8. The van der Waals surface area contributed by atoms with E-state index in [4.69, 9.17) is 0 Å². The topological polar surface area (TPSA) is 20.2 Å². The summed E-state index contributed by atoms with van der Waals surface area (Å²) in [5, 5.41) is 10.7. The molecule has 0 aromatic heterocycles. The van der Waals surface area contributed by atoms with Gasteiger partial charge in [-0.05, 0) is 24.6 Å². The van der Waals surface area contributed by atoms with Gasteiger partial charge in [0.2, 0.25) is 0 Å². The van der Waals surface area contributed by atoms with Crippen LogP contribution >= 0.6 is 0 Å². The van der Waals surface area contributed by atoms with Crippen LogP contribution in [-0.4, -0.2) is 18.0 Å². The molecule has 0 heterocycles. The van der Waals surface area contributed by atoms with Gasteiger partial charge in [0.05, 0.1) is 8.07 Å². The van der Waals surface area contributed by atoms with Gasteiger partial charge in [-0.15, -0.1) is 6.92 Å². The summed E-state index contributed by atoms with van der Waals surface area (Å²) < 4.78 is 0. The van der Waals surface area contributed by atoms with Crippen molar-refractivity contribution in [1.82, 2.24) is 0 Å². The van der Waals surface area contributed by atoms with Crippen molar-refractivity contribution in [3.8, 4) is 5.75 Å². The van der Waals surface area contributed by atoms with Crippen molar-refractivity contribution in [2.75, 3.05) is 0 Å². The molecule has 0 saturated heterocycles. The number of aromatic hydroxyl groups is 1. The number of aryl methyl sites for hydroxylation is 1. The van der Waals surface area contributed by atoms with E-state index in [2.05, 4.69) is 64.3 Å². The first-order valence-electron chi connectivity index (χ1n) is 7.96. The zero-order chi connectivity index (χ0) is 18.4. The van der Waals surface area contributed by atoms with Crippen LogP contribution in [0.15, 0.2) is 34.9 Å². The predicted octanol–water partition coefficient (Wildman–Crippen LogP) is -1.06. The third-order valence-corrected chi connectivity index (χ3v) is 6.19. The number of phenols is 1. The average molecular weight is 434 g/mol. The Labute approximate surface area is 179 Å². The summed E-state index contributed by atoms with van der Waals surface area (Å²) in [6.07, 6.45) is 3.36. The molecule has 25 heavy (non-hydrogen) atoms. The van der Waals surface area contributed by atoms with Crippen LogP contribution in [-0.2, 0) is 20.0 Å². The second kappa shape index (κ2) is 13.1. The van der Waals surface area contributed by atoms with Crippen molar-refractivity contribution >= 4 is 18.1 Å². The first-order valence-corrected chi connectivity index (χ1v) is 12.6. The smallest absolute Gasteiger partial charge is 1.00 e. The maximum atomic E-state index is 9.38. The summed E-state index contributed by atoms with van der Waals surface area (Å²) in [6.45, 7) is 17.5. The van der Waals surface area contributed by atoms with Crippen LogP contribution in [0.5, 0.6) is 5.75 Å². The Kier molecular flexibility index (Phi) is 15.5. The van der Waals surface area contributed by atoms with Crippen LogP contribution in [0.2, 0.25) is 19.6 Å². The van der Waals surface area contributed by atoms with E-state index < -0.39 is 8.07 Å². The number of benzene rings is 1. The van der Waals surface area contributed by atoms with Gasteiger partial charge in [0.1, 0.15) is 5.75 Å². The van der Waals surface area contributed by atoms with E-state index in [0.29, 0.717) is 11.7 Å². The second-order valence-corrected chi connectivity index (χ2v) is 12.2. The quantitative estimate of drug-likeness (QED) is 0.442. The molecule has 1 aliphatic carbocycles. The predicted molar refractivity (Wildman–Crippen MR) is 103 cm³/mol. The van der Waals surface area contributed by atoms with Crippen LogP contribution in [0, 0.1) is 18.9 Å². The van der Waals surface area contributed by atoms with E-state index in [-0.39, 0.29) is 24.8 Å². The van der Waals surface area contributed by atoms with Gasteiger partial charge in [0.25, 0.3) is 0 Å². The molecule has 1 atom stereocenters. The molecule has 0 bridgehead atoms. The zero-order valence-electron chi connectivity index (χ0n) is 16.7. The molecule has 141 valence electrons. The molecule has 0 aliphatic heterocycles. The molecule has 1 N–H and O–H groups in total. The van der Waals surface area contributed by atoms with Gasteiger partial charge in [0.15, 0.2) is 0 Å². The Morgan fingerprint density at radius 1 is 1.00 bits per heavy atom. The molecule has 0 amide bonds. The fourth-order valence-electron chi connectivity index (χ4n) is 2.36. The standard InChI is InChI=1S/C10H16OSi.C9H13.CH2.2ClH.Ti/c1-8-5-9(11)7-10(6-8)12(2,3)4;1-6-5-7(2)9(4)8(6)3;;;;/h5-7,11H,1-4H3;6H,1-4H3;1H2;2*1H;/q;-1;;;;+1/p-2. The Bertz CT molecular complexity index is 584. The van der Waals surface area contributed by atoms with E-state index >= 15 is 0 Å². The normalized spacial score (nSPS) is 15.6. The number of allylic oxidation sites excluding steroid dienone is 4. The summed E-state index contributed by atoms with van der Waals surface area (Å²) in [7, 11) is -1.26. The third kappa shape index (κ3) is 9.96. The van der Waals surface area contributed by atoms with Crippen molar-refractivity contribution in [3.05, 3.63) is 46.6 Å². The number of phenolic OH excluding ortho intramolecular Hbond substituents is 1. The average Bonchev–Trinajstić information content (AvgIpc) is 2.66. The van der Waals surface area contributed by atoms with E-state index in [1.807, 2.05) is 13.0 Å². The molecule has 1 nitrogen and oxygen atoms in total. The summed E-state index contributed by atoms with van der Waals surface area (Å²) in [6, 6.07) is 5.86. The minimum absolute atomic E-state index is 0. The number of hydrogen-bond donors (Lipinski definition) is 1. The first-order chi connectivity index (χ1) is 10.5. The van der Waals surface area contributed by atoms with E-state index in [1.54, 1.807) is 26.0 Å². The summed E-state index contributed by atoms with van der Waals surface area (Å²) in [5.74, 6) is 0.956. The van der Waals surface area contributed by atoms with E-state index in [1.165, 1.54) is 21.9 Å². The Balaban J connectivity index is -0.000000336. The van der Waals surface area contributed by atoms with Crippen molar-refractivity contribution in [1.29, 1.82) is 0 Å². The molecule has 5 heteroatoms. The summed E-state index contributed by atoms with van der Waals surface area (Å²) in [4.78, 5) is 3.25. The molecule has 1 aromatic rings. The van der Waals surface area contributed by atoms with Crippen LogP contribution in [0.4, 0.5) is 0 Å². The van der Waals surface area contributed by atoms with Gasteiger partial charge in [-0.25, -0.2) is 5.57 Å². The van der Waals surface area contributed by atoms with Crippen LogP contribution < -0.4 is 30.0 Å². The monoisotopic (exact) mass is 433 g/mol. The Morgan fingerprint density at radius 3 is 1.72 bits per heavy atom. The SMILES string of the molecule is CC1=[C-]C(C)C(C)=C1C.Cc1cc(O)cc([Si](C)(C)C)c1.[CH2]=[Ti+].[Cl-].[Cl-]. The summed E-state index contributed by atoms with van der Waals surface area (Å²) in [5.41, 5.74) is 5.39. The molecule has 1 aliphatic rings. The first kappa shape index (κ1) is 29.6. The second-order valence-electron chi connectivity index (χ2n) is 7.11. The number of hydrogen-bond acceptors (Lipinski definition) is 1. The van der Waals surface area contributed by atoms with Gasteiger partial charge in [-0.1, -0.05) is 57.6 Å². The van der Waals surface area contributed by atoms with Crippen molar-refractivity contribution in [2.24, 2.45) is 5.92 Å². The molecule has 0 fully saturated rings. The van der Waals surface area contributed by atoms with Gasteiger partial charge in [0, 0.05) is 0 Å². The maximum absolute atomic E-state index is 9.38. The molecule has 2 rings (SSSR count). The van der Waals surface area contributed by atoms with Gasteiger partial charge < -0.3 is 29.9 Å². The Hall–Kier alpha value is -0.119. The van der Waals surface area contributed by atoms with Crippen LogP contribution in [0.25, 0.3) is 0 Å².